The molecule has 0 N–H and O–H groups in total. The summed E-state index contributed by atoms with van der Waals surface area (Å²) in [6, 6.07) is 0. The monoisotopic (exact) mass is 154 g/mol. The topological polar surface area (TPSA) is 35.5 Å². The number of esters is 1. The summed E-state index contributed by atoms with van der Waals surface area (Å²) in [5.41, 5.74) is 0.528. The van der Waals surface area contributed by atoms with Gasteiger partial charge in [0.15, 0.2) is 11.5 Å². The summed E-state index contributed by atoms with van der Waals surface area (Å²) in [6.07, 6.45) is 1.70. The van der Waals surface area contributed by atoms with E-state index in [0.717, 1.165) is 0 Å². The molecule has 0 atom stereocenters. The van der Waals surface area contributed by atoms with Gasteiger partial charge in [-0.3, -0.25) is 0 Å². The van der Waals surface area contributed by atoms with Gasteiger partial charge in [-0.25, -0.2) is 4.79 Å². The summed E-state index contributed by atoms with van der Waals surface area (Å²) in [5, 5.41) is 0. The molecule has 0 aromatic carbocycles. The van der Waals surface area contributed by atoms with E-state index in [4.69, 9.17) is 9.47 Å². The second-order valence-electron chi connectivity index (χ2n) is 2.20. The van der Waals surface area contributed by atoms with Gasteiger partial charge in [-0.2, -0.15) is 0 Å². The quantitative estimate of drug-likeness (QED) is 0.535. The third-order valence-electron chi connectivity index (χ3n) is 1.54. The average molecular weight is 154 g/mol. The second kappa shape index (κ2) is 2.78. The lowest BCUT2D eigenvalue weighted by molar-refractivity contribution is -0.133. The highest BCUT2D eigenvalue weighted by Crippen LogP contribution is 2.25. The predicted octanol–water partition coefficient (Wildman–Crippen LogP) is 1.37. The van der Waals surface area contributed by atoms with Crippen molar-refractivity contribution in [2.24, 2.45) is 0 Å². The fourth-order valence-electron chi connectivity index (χ4n) is 0.944. The lowest BCUT2D eigenvalue weighted by Gasteiger charge is -1.99. The van der Waals surface area contributed by atoms with Crippen molar-refractivity contribution < 1.29 is 14.3 Å². The Labute approximate surface area is 65.3 Å². The molecule has 0 amide bonds. The van der Waals surface area contributed by atoms with E-state index in [1.807, 2.05) is 0 Å². The van der Waals surface area contributed by atoms with Crippen LogP contribution in [0.15, 0.2) is 23.2 Å². The number of hydrogen-bond donors (Lipinski definition) is 0. The fourth-order valence-corrected chi connectivity index (χ4v) is 0.944. The number of allylic oxidation sites excluding steroid dienone is 1. The summed E-state index contributed by atoms with van der Waals surface area (Å²) < 4.78 is 9.81. The van der Waals surface area contributed by atoms with Crippen molar-refractivity contribution in [3.05, 3.63) is 23.2 Å². The number of carbonyl (C=O) groups excluding carboxylic acids is 1. The van der Waals surface area contributed by atoms with Gasteiger partial charge in [-0.05, 0) is 19.9 Å². The van der Waals surface area contributed by atoms with E-state index < -0.39 is 0 Å². The van der Waals surface area contributed by atoms with Crippen LogP contribution in [0.3, 0.4) is 0 Å². The lowest BCUT2D eigenvalue weighted by Crippen LogP contribution is -1.94. The minimum atomic E-state index is -0.324. The Balaban J connectivity index is 3.05. The minimum absolute atomic E-state index is 0.324. The number of rotatable bonds is 1. The van der Waals surface area contributed by atoms with Crippen molar-refractivity contribution in [2.75, 3.05) is 7.11 Å². The highest BCUT2D eigenvalue weighted by Gasteiger charge is 2.26. The van der Waals surface area contributed by atoms with E-state index in [-0.39, 0.29) is 5.97 Å². The van der Waals surface area contributed by atoms with Crippen molar-refractivity contribution >= 4 is 5.97 Å². The van der Waals surface area contributed by atoms with E-state index in [0.29, 0.717) is 17.1 Å². The molecule has 1 aliphatic rings. The third-order valence-corrected chi connectivity index (χ3v) is 1.54. The molecule has 60 valence electrons. The first kappa shape index (κ1) is 7.85. The van der Waals surface area contributed by atoms with Gasteiger partial charge in [-0.15, -0.1) is 0 Å². The van der Waals surface area contributed by atoms with Gasteiger partial charge < -0.3 is 9.47 Å². The highest BCUT2D eigenvalue weighted by molar-refractivity contribution is 5.93. The molecule has 0 fully saturated rings. The zero-order valence-electron chi connectivity index (χ0n) is 6.80. The molecule has 0 spiro atoms. The zero-order chi connectivity index (χ0) is 8.43. The van der Waals surface area contributed by atoms with E-state index in [9.17, 15) is 4.79 Å². The average Bonchev–Trinajstić information content (AvgIpc) is 2.28. The molecule has 3 nitrogen and oxygen atoms in total. The minimum Gasteiger partial charge on any atom is -0.492 e. The standard InChI is InChI=1S/C8H10O3/c1-4-6-7(10-3)5(2)8(9)11-6/h4H,1-3H3/b6-4-. The molecule has 3 heteroatoms. The van der Waals surface area contributed by atoms with Gasteiger partial charge in [0.1, 0.15) is 0 Å². The molecule has 0 saturated heterocycles. The van der Waals surface area contributed by atoms with E-state index in [2.05, 4.69) is 0 Å². The zero-order valence-corrected chi connectivity index (χ0v) is 6.80. The van der Waals surface area contributed by atoms with Gasteiger partial charge in [0.2, 0.25) is 0 Å². The van der Waals surface area contributed by atoms with Crippen LogP contribution in [0.5, 0.6) is 0 Å². The maximum atomic E-state index is 10.9. The van der Waals surface area contributed by atoms with Crippen molar-refractivity contribution in [1.82, 2.24) is 0 Å². The van der Waals surface area contributed by atoms with Crippen molar-refractivity contribution in [3.8, 4) is 0 Å². The Morgan fingerprint density at radius 3 is 2.55 bits per heavy atom. The van der Waals surface area contributed by atoms with Crippen LogP contribution in [-0.4, -0.2) is 13.1 Å². The van der Waals surface area contributed by atoms with Crippen LogP contribution < -0.4 is 0 Å². The molecule has 0 saturated carbocycles. The van der Waals surface area contributed by atoms with Crippen LogP contribution in [0.1, 0.15) is 13.8 Å². The molecule has 0 radical (unpaired) electrons. The normalized spacial score (nSPS) is 21.0. The number of methoxy groups -OCH3 is 1. The Bertz CT molecular complexity index is 248. The summed E-state index contributed by atoms with van der Waals surface area (Å²) in [5.74, 6) is 0.724. The van der Waals surface area contributed by atoms with Gasteiger partial charge >= 0.3 is 5.97 Å². The summed E-state index contributed by atoms with van der Waals surface area (Å²) in [4.78, 5) is 10.9. The van der Waals surface area contributed by atoms with Gasteiger partial charge in [0.25, 0.3) is 0 Å². The molecule has 1 aliphatic heterocycles. The predicted molar refractivity (Wildman–Crippen MR) is 39.6 cm³/mol. The Hall–Kier alpha value is -1.25. The first-order valence-corrected chi connectivity index (χ1v) is 3.34. The highest BCUT2D eigenvalue weighted by atomic mass is 16.6. The van der Waals surface area contributed by atoms with Crippen LogP contribution in [0, 0.1) is 0 Å². The van der Waals surface area contributed by atoms with Gasteiger partial charge in [-0.1, -0.05) is 0 Å². The van der Waals surface area contributed by atoms with Crippen LogP contribution in [0.4, 0.5) is 0 Å². The first-order valence-electron chi connectivity index (χ1n) is 3.34. The fraction of sp³-hybridized carbons (Fsp3) is 0.375. The molecule has 0 unspecified atom stereocenters. The van der Waals surface area contributed by atoms with Crippen LogP contribution in [0.25, 0.3) is 0 Å². The van der Waals surface area contributed by atoms with Crippen molar-refractivity contribution in [3.63, 3.8) is 0 Å². The molecular formula is C8H10O3. The smallest absolute Gasteiger partial charge is 0.343 e. The summed E-state index contributed by atoms with van der Waals surface area (Å²) in [7, 11) is 1.52. The van der Waals surface area contributed by atoms with Crippen LogP contribution in [-0.2, 0) is 14.3 Å². The molecule has 11 heavy (non-hydrogen) atoms. The molecule has 1 rings (SSSR count). The Morgan fingerprint density at radius 2 is 2.18 bits per heavy atom. The lowest BCUT2D eigenvalue weighted by atomic mass is 10.2. The molecule has 0 aromatic rings. The maximum Gasteiger partial charge on any atom is 0.343 e. The SMILES string of the molecule is C/C=C1\OC(=O)C(C)=C1OC. The van der Waals surface area contributed by atoms with Crippen LogP contribution in [0.2, 0.25) is 0 Å². The van der Waals surface area contributed by atoms with E-state index >= 15 is 0 Å². The number of hydrogen-bond acceptors (Lipinski definition) is 3. The third kappa shape index (κ3) is 1.13. The Morgan fingerprint density at radius 1 is 1.55 bits per heavy atom. The number of carbonyl (C=O) groups is 1. The molecule has 0 aliphatic carbocycles. The summed E-state index contributed by atoms with van der Waals surface area (Å²) in [6.45, 7) is 3.47. The molecule has 0 aromatic heterocycles. The molecular weight excluding hydrogens is 144 g/mol. The van der Waals surface area contributed by atoms with Gasteiger partial charge in [0, 0.05) is 0 Å². The van der Waals surface area contributed by atoms with Crippen molar-refractivity contribution in [1.29, 1.82) is 0 Å². The molecule has 0 bridgehead atoms. The van der Waals surface area contributed by atoms with Crippen LogP contribution >= 0.6 is 0 Å². The maximum absolute atomic E-state index is 10.9. The largest absolute Gasteiger partial charge is 0.492 e. The summed E-state index contributed by atoms with van der Waals surface area (Å²) >= 11 is 0. The number of ether oxygens (including phenoxy) is 2. The van der Waals surface area contributed by atoms with E-state index in [1.165, 1.54) is 7.11 Å². The second-order valence-corrected chi connectivity index (χ2v) is 2.20. The molecule has 1 heterocycles. The van der Waals surface area contributed by atoms with E-state index in [1.54, 1.807) is 19.9 Å². The first-order chi connectivity index (χ1) is 5.20. The van der Waals surface area contributed by atoms with Crippen molar-refractivity contribution in [2.45, 2.75) is 13.8 Å². The number of cyclic esters (lactones) is 1. The Kier molecular flexibility index (Phi) is 1.98. The van der Waals surface area contributed by atoms with Gasteiger partial charge in [0.05, 0.1) is 12.7 Å².